The minimum Gasteiger partial charge on any atom is -0.342 e. The number of rotatable bonds is 2. The number of piperidine rings is 1. The molecule has 4 rings (SSSR count). The Bertz CT molecular complexity index is 432. The molecule has 3 nitrogen and oxygen atoms in total. The summed E-state index contributed by atoms with van der Waals surface area (Å²) in [6, 6.07) is 2.20. The molecule has 2 aliphatic heterocycles. The number of thiazole rings is 1. The maximum absolute atomic E-state index is 4.99. The molecule has 19 heavy (non-hydrogen) atoms. The van der Waals surface area contributed by atoms with Gasteiger partial charge in [-0.3, -0.25) is 0 Å². The molecule has 0 saturated carbocycles. The molecule has 0 aromatic carbocycles. The fourth-order valence-corrected chi connectivity index (χ4v) is 5.47. The lowest BCUT2D eigenvalue weighted by Crippen LogP contribution is -2.48. The summed E-state index contributed by atoms with van der Waals surface area (Å²) < 4.78 is 0. The van der Waals surface area contributed by atoms with Crippen LogP contribution >= 0.6 is 11.3 Å². The SMILES string of the molecule is CNC1CC2CCC(C1)N2c1nc2c(s1)CCCC2. The number of anilines is 1. The molecule has 1 aromatic rings. The summed E-state index contributed by atoms with van der Waals surface area (Å²) in [6.07, 6.45) is 10.5. The Labute approximate surface area is 119 Å². The van der Waals surface area contributed by atoms with Crippen molar-refractivity contribution in [2.45, 2.75) is 69.5 Å². The predicted molar refractivity (Wildman–Crippen MR) is 80.1 cm³/mol. The maximum Gasteiger partial charge on any atom is 0.186 e. The van der Waals surface area contributed by atoms with Crippen molar-refractivity contribution in [3.63, 3.8) is 0 Å². The van der Waals surface area contributed by atoms with Gasteiger partial charge in [-0.25, -0.2) is 4.98 Å². The summed E-state index contributed by atoms with van der Waals surface area (Å²) in [5, 5.41) is 4.82. The van der Waals surface area contributed by atoms with Gasteiger partial charge in [-0.05, 0) is 58.4 Å². The van der Waals surface area contributed by atoms with Crippen LogP contribution < -0.4 is 10.2 Å². The Kier molecular flexibility index (Phi) is 3.03. The van der Waals surface area contributed by atoms with Gasteiger partial charge in [-0.15, -0.1) is 11.3 Å². The first-order valence-corrected chi connectivity index (χ1v) is 8.61. The molecule has 0 spiro atoms. The van der Waals surface area contributed by atoms with E-state index in [1.165, 1.54) is 62.2 Å². The molecule has 2 atom stereocenters. The number of hydrogen-bond acceptors (Lipinski definition) is 4. The highest BCUT2D eigenvalue weighted by Crippen LogP contribution is 2.42. The van der Waals surface area contributed by atoms with E-state index in [1.54, 1.807) is 4.88 Å². The lowest BCUT2D eigenvalue weighted by atomic mass is 9.98. The second-order valence-corrected chi connectivity index (χ2v) is 7.38. The fourth-order valence-electron chi connectivity index (χ4n) is 4.17. The standard InChI is InChI=1S/C15H23N3S/c1-16-10-8-11-6-7-12(9-10)18(11)15-17-13-4-2-3-5-14(13)19-15/h10-12,16H,2-9H2,1H3. The van der Waals surface area contributed by atoms with Crippen molar-refractivity contribution in [3.8, 4) is 0 Å². The van der Waals surface area contributed by atoms with Gasteiger partial charge in [0.05, 0.1) is 5.69 Å². The van der Waals surface area contributed by atoms with Crippen molar-refractivity contribution in [2.75, 3.05) is 11.9 Å². The van der Waals surface area contributed by atoms with Crippen molar-refractivity contribution in [2.24, 2.45) is 0 Å². The molecular formula is C15H23N3S. The smallest absolute Gasteiger partial charge is 0.186 e. The van der Waals surface area contributed by atoms with E-state index in [4.69, 9.17) is 4.98 Å². The zero-order valence-electron chi connectivity index (χ0n) is 11.7. The van der Waals surface area contributed by atoms with Crippen molar-refractivity contribution in [1.29, 1.82) is 0 Å². The maximum atomic E-state index is 4.99. The Morgan fingerprint density at radius 2 is 1.89 bits per heavy atom. The molecular weight excluding hydrogens is 254 g/mol. The Morgan fingerprint density at radius 3 is 2.58 bits per heavy atom. The monoisotopic (exact) mass is 277 g/mol. The van der Waals surface area contributed by atoms with Crippen molar-refractivity contribution in [3.05, 3.63) is 10.6 Å². The largest absolute Gasteiger partial charge is 0.342 e. The zero-order valence-corrected chi connectivity index (χ0v) is 12.5. The van der Waals surface area contributed by atoms with Crippen molar-refractivity contribution in [1.82, 2.24) is 10.3 Å². The lowest BCUT2D eigenvalue weighted by molar-refractivity contribution is 0.373. The van der Waals surface area contributed by atoms with Crippen LogP contribution in [-0.4, -0.2) is 30.2 Å². The molecule has 3 aliphatic rings. The van der Waals surface area contributed by atoms with E-state index >= 15 is 0 Å². The van der Waals surface area contributed by atoms with Crippen LogP contribution in [0.1, 0.15) is 49.1 Å². The molecule has 2 unspecified atom stereocenters. The number of nitrogens with one attached hydrogen (secondary N) is 1. The van der Waals surface area contributed by atoms with Gasteiger partial charge >= 0.3 is 0 Å². The number of aryl methyl sites for hydroxylation is 2. The summed E-state index contributed by atoms with van der Waals surface area (Å²) in [5.41, 5.74) is 1.42. The topological polar surface area (TPSA) is 28.2 Å². The average Bonchev–Trinajstić information content (AvgIpc) is 2.96. The molecule has 104 valence electrons. The number of aromatic nitrogens is 1. The van der Waals surface area contributed by atoms with Crippen LogP contribution in [0.5, 0.6) is 0 Å². The average molecular weight is 277 g/mol. The Morgan fingerprint density at radius 1 is 1.16 bits per heavy atom. The van der Waals surface area contributed by atoms with E-state index in [0.717, 1.165) is 18.1 Å². The van der Waals surface area contributed by atoms with E-state index in [-0.39, 0.29) is 0 Å². The fraction of sp³-hybridized carbons (Fsp3) is 0.800. The van der Waals surface area contributed by atoms with Gasteiger partial charge in [0.2, 0.25) is 0 Å². The van der Waals surface area contributed by atoms with Crippen molar-refractivity contribution < 1.29 is 0 Å². The number of fused-ring (bicyclic) bond motifs is 3. The predicted octanol–water partition coefficient (Wildman–Crippen LogP) is 2.74. The van der Waals surface area contributed by atoms with E-state index < -0.39 is 0 Å². The minimum absolute atomic E-state index is 0.725. The first-order valence-electron chi connectivity index (χ1n) is 7.79. The summed E-state index contributed by atoms with van der Waals surface area (Å²) in [4.78, 5) is 9.25. The van der Waals surface area contributed by atoms with Gasteiger partial charge in [0, 0.05) is 23.0 Å². The van der Waals surface area contributed by atoms with Gasteiger partial charge in [-0.2, -0.15) is 0 Å². The molecule has 1 aromatic heterocycles. The highest BCUT2D eigenvalue weighted by Gasteiger charge is 2.41. The van der Waals surface area contributed by atoms with Crippen LogP contribution in [0.3, 0.4) is 0 Å². The van der Waals surface area contributed by atoms with Gasteiger partial charge < -0.3 is 10.2 Å². The van der Waals surface area contributed by atoms with Crippen LogP contribution in [0, 0.1) is 0 Å². The third kappa shape index (κ3) is 2.00. The highest BCUT2D eigenvalue weighted by molar-refractivity contribution is 7.15. The lowest BCUT2D eigenvalue weighted by Gasteiger charge is -2.38. The summed E-state index contributed by atoms with van der Waals surface area (Å²) in [6.45, 7) is 0. The molecule has 2 saturated heterocycles. The summed E-state index contributed by atoms with van der Waals surface area (Å²) in [7, 11) is 2.11. The first kappa shape index (κ1) is 12.2. The summed E-state index contributed by atoms with van der Waals surface area (Å²) in [5.74, 6) is 0. The van der Waals surface area contributed by atoms with Crippen LogP contribution in [0.15, 0.2) is 0 Å². The molecule has 2 fully saturated rings. The van der Waals surface area contributed by atoms with Crippen LogP contribution in [0.2, 0.25) is 0 Å². The minimum atomic E-state index is 0.725. The Balaban J connectivity index is 1.61. The van der Waals surface area contributed by atoms with Gasteiger partial charge in [0.1, 0.15) is 0 Å². The second-order valence-electron chi connectivity index (χ2n) is 6.32. The normalized spacial score (nSPS) is 33.5. The third-order valence-corrected chi connectivity index (χ3v) is 6.37. The third-order valence-electron chi connectivity index (χ3n) is 5.20. The Hall–Kier alpha value is -0.610. The van der Waals surface area contributed by atoms with Gasteiger partial charge in [-0.1, -0.05) is 0 Å². The molecule has 0 amide bonds. The highest BCUT2D eigenvalue weighted by atomic mass is 32.1. The van der Waals surface area contributed by atoms with Crippen LogP contribution in [0.25, 0.3) is 0 Å². The van der Waals surface area contributed by atoms with Gasteiger partial charge in [0.25, 0.3) is 0 Å². The second kappa shape index (κ2) is 4.74. The van der Waals surface area contributed by atoms with E-state index in [0.29, 0.717) is 0 Å². The first-order chi connectivity index (χ1) is 9.35. The van der Waals surface area contributed by atoms with E-state index in [2.05, 4.69) is 17.3 Å². The van der Waals surface area contributed by atoms with Gasteiger partial charge in [0.15, 0.2) is 5.13 Å². The molecule has 4 heteroatoms. The van der Waals surface area contributed by atoms with E-state index in [1.807, 2.05) is 11.3 Å². The van der Waals surface area contributed by atoms with Crippen LogP contribution in [0.4, 0.5) is 5.13 Å². The summed E-state index contributed by atoms with van der Waals surface area (Å²) >= 11 is 1.99. The van der Waals surface area contributed by atoms with Crippen molar-refractivity contribution >= 4 is 16.5 Å². The quantitative estimate of drug-likeness (QED) is 0.901. The molecule has 1 N–H and O–H groups in total. The number of hydrogen-bond donors (Lipinski definition) is 1. The molecule has 0 radical (unpaired) electrons. The van der Waals surface area contributed by atoms with E-state index in [9.17, 15) is 0 Å². The molecule has 2 bridgehead atoms. The molecule has 3 heterocycles. The van der Waals surface area contributed by atoms with Crippen LogP contribution in [-0.2, 0) is 12.8 Å². The molecule has 1 aliphatic carbocycles. The number of nitrogens with zero attached hydrogens (tertiary/aromatic N) is 2. The zero-order chi connectivity index (χ0) is 12.8.